The minimum atomic E-state index is -0.289. The van der Waals surface area contributed by atoms with E-state index >= 15 is 0 Å². The molecule has 0 saturated carbocycles. The van der Waals surface area contributed by atoms with Crippen molar-refractivity contribution in [2.75, 3.05) is 0 Å². The number of benzene rings is 2. The highest BCUT2D eigenvalue weighted by Gasteiger charge is 2.07. The normalized spacial score (nSPS) is 10.3. The van der Waals surface area contributed by atoms with E-state index in [9.17, 15) is 4.39 Å². The van der Waals surface area contributed by atoms with Gasteiger partial charge >= 0.3 is 0 Å². The molecule has 2 aromatic rings. The van der Waals surface area contributed by atoms with Crippen LogP contribution >= 0.6 is 15.9 Å². The Bertz CT molecular complexity index is 479. The Hall–Kier alpha value is -1.35. The second-order valence-corrected chi connectivity index (χ2v) is 4.00. The molecule has 0 aliphatic rings. The number of phenols is 1. The molecule has 2 rings (SSSR count). The maximum atomic E-state index is 13.7. The molecule has 1 N–H and O–H groups in total. The number of rotatable bonds is 1. The van der Waals surface area contributed by atoms with Crippen molar-refractivity contribution in [3.8, 4) is 16.9 Å². The van der Waals surface area contributed by atoms with Gasteiger partial charge in [0.15, 0.2) is 0 Å². The Kier molecular flexibility index (Phi) is 2.73. The minimum absolute atomic E-state index is 0.175. The lowest BCUT2D eigenvalue weighted by Gasteiger charge is -2.04. The molecule has 76 valence electrons. The molecule has 0 saturated heterocycles. The van der Waals surface area contributed by atoms with Crippen molar-refractivity contribution in [1.29, 1.82) is 0 Å². The van der Waals surface area contributed by atoms with Crippen molar-refractivity contribution < 1.29 is 9.50 Å². The van der Waals surface area contributed by atoms with E-state index in [1.165, 1.54) is 12.1 Å². The molecule has 0 radical (unpaired) electrons. The fraction of sp³-hybridized carbons (Fsp3) is 0. The first-order chi connectivity index (χ1) is 7.18. The Morgan fingerprint density at radius 3 is 2.33 bits per heavy atom. The van der Waals surface area contributed by atoms with Crippen LogP contribution in [0.4, 0.5) is 4.39 Å². The summed E-state index contributed by atoms with van der Waals surface area (Å²) in [6.07, 6.45) is 0. The standard InChI is InChI=1S/C12H8BrFO/c13-11-3-1-2-10(12(11)14)8-4-6-9(15)7-5-8/h1-7,15H. The van der Waals surface area contributed by atoms with Gasteiger partial charge in [-0.05, 0) is 39.7 Å². The summed E-state index contributed by atoms with van der Waals surface area (Å²) in [5.74, 6) is -0.114. The molecular weight excluding hydrogens is 259 g/mol. The van der Waals surface area contributed by atoms with Crippen molar-refractivity contribution in [3.05, 3.63) is 52.8 Å². The smallest absolute Gasteiger partial charge is 0.145 e. The lowest BCUT2D eigenvalue weighted by Crippen LogP contribution is -1.84. The van der Waals surface area contributed by atoms with Crippen LogP contribution in [0.5, 0.6) is 5.75 Å². The van der Waals surface area contributed by atoms with E-state index in [4.69, 9.17) is 5.11 Å². The van der Waals surface area contributed by atoms with E-state index in [2.05, 4.69) is 15.9 Å². The van der Waals surface area contributed by atoms with Crippen molar-refractivity contribution in [1.82, 2.24) is 0 Å². The van der Waals surface area contributed by atoms with Gasteiger partial charge in [0.25, 0.3) is 0 Å². The Morgan fingerprint density at radius 2 is 1.67 bits per heavy atom. The molecule has 0 aromatic heterocycles. The second-order valence-electron chi connectivity index (χ2n) is 3.15. The van der Waals surface area contributed by atoms with Crippen molar-refractivity contribution in [2.45, 2.75) is 0 Å². The van der Waals surface area contributed by atoms with Crippen molar-refractivity contribution in [2.24, 2.45) is 0 Å². The van der Waals surface area contributed by atoms with Gasteiger partial charge in [-0.1, -0.05) is 24.3 Å². The lowest BCUT2D eigenvalue weighted by molar-refractivity contribution is 0.475. The summed E-state index contributed by atoms with van der Waals surface area (Å²) < 4.78 is 14.1. The maximum Gasteiger partial charge on any atom is 0.145 e. The van der Waals surface area contributed by atoms with Crippen molar-refractivity contribution in [3.63, 3.8) is 0 Å². The summed E-state index contributed by atoms with van der Waals surface area (Å²) in [5.41, 5.74) is 1.26. The van der Waals surface area contributed by atoms with Gasteiger partial charge < -0.3 is 5.11 Å². The van der Waals surface area contributed by atoms with E-state index in [0.717, 1.165) is 5.56 Å². The lowest BCUT2D eigenvalue weighted by atomic mass is 10.1. The van der Waals surface area contributed by atoms with Crippen LogP contribution in [-0.2, 0) is 0 Å². The van der Waals surface area contributed by atoms with Gasteiger partial charge in [0, 0.05) is 5.56 Å². The molecule has 0 heterocycles. The summed E-state index contributed by atoms with van der Waals surface area (Å²) in [6, 6.07) is 11.6. The topological polar surface area (TPSA) is 20.2 Å². The van der Waals surface area contributed by atoms with E-state index in [0.29, 0.717) is 10.0 Å². The zero-order valence-corrected chi connectivity index (χ0v) is 9.33. The van der Waals surface area contributed by atoms with Gasteiger partial charge in [-0.3, -0.25) is 0 Å². The number of aromatic hydroxyl groups is 1. The summed E-state index contributed by atoms with van der Waals surface area (Å²) >= 11 is 3.13. The largest absolute Gasteiger partial charge is 0.508 e. The third-order valence-electron chi connectivity index (χ3n) is 2.13. The van der Waals surface area contributed by atoms with Crippen LogP contribution in [0.25, 0.3) is 11.1 Å². The van der Waals surface area contributed by atoms with Gasteiger partial charge in [-0.2, -0.15) is 0 Å². The van der Waals surface area contributed by atoms with E-state index in [1.54, 1.807) is 30.3 Å². The zero-order valence-electron chi connectivity index (χ0n) is 7.74. The number of phenolic OH excluding ortho intramolecular Hbond substituents is 1. The molecule has 0 fully saturated rings. The van der Waals surface area contributed by atoms with E-state index < -0.39 is 0 Å². The molecule has 0 atom stereocenters. The van der Waals surface area contributed by atoms with Crippen molar-refractivity contribution >= 4 is 15.9 Å². The Balaban J connectivity index is 2.54. The third-order valence-corrected chi connectivity index (χ3v) is 2.74. The minimum Gasteiger partial charge on any atom is -0.508 e. The fourth-order valence-electron chi connectivity index (χ4n) is 1.37. The monoisotopic (exact) mass is 266 g/mol. The molecule has 2 aromatic carbocycles. The van der Waals surface area contributed by atoms with Gasteiger partial charge in [-0.25, -0.2) is 4.39 Å². The molecule has 15 heavy (non-hydrogen) atoms. The zero-order chi connectivity index (χ0) is 10.8. The van der Waals surface area contributed by atoms with E-state index in [1.807, 2.05) is 0 Å². The van der Waals surface area contributed by atoms with Crippen LogP contribution in [0.2, 0.25) is 0 Å². The average Bonchev–Trinajstić information content (AvgIpc) is 2.24. The van der Waals surface area contributed by atoms with Crippen LogP contribution in [0.15, 0.2) is 46.9 Å². The molecule has 0 bridgehead atoms. The third kappa shape index (κ3) is 2.02. The van der Waals surface area contributed by atoms with Gasteiger partial charge in [0.2, 0.25) is 0 Å². The Morgan fingerprint density at radius 1 is 1.00 bits per heavy atom. The molecule has 0 unspecified atom stereocenters. The van der Waals surface area contributed by atoms with Crippen LogP contribution in [-0.4, -0.2) is 5.11 Å². The van der Waals surface area contributed by atoms with E-state index in [-0.39, 0.29) is 11.6 Å². The maximum absolute atomic E-state index is 13.7. The fourth-order valence-corrected chi connectivity index (χ4v) is 1.73. The van der Waals surface area contributed by atoms with Gasteiger partial charge in [0.05, 0.1) is 4.47 Å². The quantitative estimate of drug-likeness (QED) is 0.829. The molecule has 0 aliphatic heterocycles. The predicted octanol–water partition coefficient (Wildman–Crippen LogP) is 3.96. The van der Waals surface area contributed by atoms with Gasteiger partial charge in [0.1, 0.15) is 11.6 Å². The first kappa shape index (κ1) is 10.2. The molecule has 0 amide bonds. The number of halogens is 2. The second kappa shape index (κ2) is 4.03. The first-order valence-electron chi connectivity index (χ1n) is 4.42. The predicted molar refractivity (Wildman–Crippen MR) is 61.2 cm³/mol. The summed E-state index contributed by atoms with van der Waals surface area (Å²) in [5, 5.41) is 9.12. The highest BCUT2D eigenvalue weighted by molar-refractivity contribution is 9.10. The molecule has 0 spiro atoms. The van der Waals surface area contributed by atoms with Gasteiger partial charge in [-0.15, -0.1) is 0 Å². The van der Waals surface area contributed by atoms with Crippen LogP contribution in [0.3, 0.4) is 0 Å². The summed E-state index contributed by atoms with van der Waals surface area (Å²) in [6.45, 7) is 0. The van der Waals surface area contributed by atoms with Crippen LogP contribution in [0.1, 0.15) is 0 Å². The first-order valence-corrected chi connectivity index (χ1v) is 5.21. The molecule has 3 heteroatoms. The highest BCUT2D eigenvalue weighted by Crippen LogP contribution is 2.28. The summed E-state index contributed by atoms with van der Waals surface area (Å²) in [4.78, 5) is 0. The highest BCUT2D eigenvalue weighted by atomic mass is 79.9. The Labute approximate surface area is 95.3 Å². The SMILES string of the molecule is Oc1ccc(-c2cccc(Br)c2F)cc1. The molecular formula is C12H8BrFO. The molecule has 1 nitrogen and oxygen atoms in total. The molecule has 0 aliphatic carbocycles. The van der Waals surface area contributed by atoms with Crippen LogP contribution in [0, 0.1) is 5.82 Å². The van der Waals surface area contributed by atoms with Crippen LogP contribution < -0.4 is 0 Å². The number of hydrogen-bond donors (Lipinski definition) is 1. The summed E-state index contributed by atoms with van der Waals surface area (Å²) in [7, 11) is 0. The average molecular weight is 267 g/mol. The number of hydrogen-bond acceptors (Lipinski definition) is 1.